The molecule has 4 nitrogen and oxygen atoms in total. The molecule has 0 radical (unpaired) electrons. The number of fused-ring (bicyclic) bond motifs is 1. The van der Waals surface area contributed by atoms with Crippen LogP contribution in [0.3, 0.4) is 0 Å². The number of aromatic nitrogens is 1. The Kier molecular flexibility index (Phi) is 5.01. The summed E-state index contributed by atoms with van der Waals surface area (Å²) in [6.45, 7) is 3.95. The first-order valence-electron chi connectivity index (χ1n) is 8.54. The summed E-state index contributed by atoms with van der Waals surface area (Å²) >= 11 is 3.24. The number of hydrogen-bond acceptors (Lipinski definition) is 5. The van der Waals surface area contributed by atoms with Gasteiger partial charge in [0.15, 0.2) is 5.76 Å². The van der Waals surface area contributed by atoms with Gasteiger partial charge in [0.2, 0.25) is 0 Å². The van der Waals surface area contributed by atoms with E-state index in [-0.39, 0.29) is 5.91 Å². The maximum Gasteiger partial charge on any atom is 0.291 e. The molecule has 136 valence electrons. The van der Waals surface area contributed by atoms with Crippen LogP contribution in [0.2, 0.25) is 0 Å². The molecule has 27 heavy (non-hydrogen) atoms. The van der Waals surface area contributed by atoms with E-state index in [0.717, 1.165) is 37.8 Å². The third-order valence-electron chi connectivity index (χ3n) is 4.24. The van der Waals surface area contributed by atoms with E-state index in [2.05, 4.69) is 10.3 Å². The number of hydrogen-bond donors (Lipinski definition) is 1. The molecule has 0 unspecified atom stereocenters. The van der Waals surface area contributed by atoms with Gasteiger partial charge in [-0.2, -0.15) is 0 Å². The van der Waals surface area contributed by atoms with Crippen molar-refractivity contribution in [2.45, 2.75) is 23.9 Å². The van der Waals surface area contributed by atoms with Gasteiger partial charge in [-0.05, 0) is 31.5 Å². The molecule has 2 aromatic carbocycles. The number of benzene rings is 2. The van der Waals surface area contributed by atoms with Crippen molar-refractivity contribution in [1.29, 1.82) is 0 Å². The average molecular weight is 395 g/mol. The Morgan fingerprint density at radius 3 is 2.70 bits per heavy atom. The Labute approximate surface area is 165 Å². The van der Waals surface area contributed by atoms with Crippen molar-refractivity contribution in [3.63, 3.8) is 0 Å². The summed E-state index contributed by atoms with van der Waals surface area (Å²) in [6, 6.07) is 15.5. The molecule has 0 spiro atoms. The highest BCUT2D eigenvalue weighted by Crippen LogP contribution is 2.33. The van der Waals surface area contributed by atoms with Gasteiger partial charge in [0.05, 0.1) is 0 Å². The van der Waals surface area contributed by atoms with E-state index in [1.165, 1.54) is 0 Å². The lowest BCUT2D eigenvalue weighted by Crippen LogP contribution is -2.13. The Bertz CT molecular complexity index is 1110. The minimum Gasteiger partial charge on any atom is -0.451 e. The van der Waals surface area contributed by atoms with Gasteiger partial charge in [0, 0.05) is 33.5 Å². The van der Waals surface area contributed by atoms with E-state index in [4.69, 9.17) is 4.42 Å². The van der Waals surface area contributed by atoms with Crippen LogP contribution in [0.4, 0.5) is 5.69 Å². The number of anilines is 1. The molecule has 0 aliphatic rings. The zero-order chi connectivity index (χ0) is 18.8. The molecule has 0 bridgehead atoms. The van der Waals surface area contributed by atoms with E-state index < -0.39 is 0 Å². The summed E-state index contributed by atoms with van der Waals surface area (Å²) in [7, 11) is 0. The normalized spacial score (nSPS) is 11.0. The van der Waals surface area contributed by atoms with Crippen LogP contribution in [-0.4, -0.2) is 10.9 Å². The number of nitrogens with one attached hydrogen (secondary N) is 1. The summed E-state index contributed by atoms with van der Waals surface area (Å²) in [4.78, 5) is 17.4. The molecule has 4 aromatic rings. The molecule has 2 aromatic heterocycles. The number of thioether (sulfide) groups is 1. The lowest BCUT2D eigenvalue weighted by atomic mass is 10.1. The predicted octanol–water partition coefficient (Wildman–Crippen LogP) is 6.05. The van der Waals surface area contributed by atoms with E-state index in [0.29, 0.717) is 11.5 Å². The first-order valence-corrected chi connectivity index (χ1v) is 10.4. The molecule has 0 aliphatic heterocycles. The Hall–Kier alpha value is -2.57. The largest absolute Gasteiger partial charge is 0.451 e. The molecular formula is C21H18N2O2S2. The number of aryl methyl sites for hydroxylation is 2. The van der Waals surface area contributed by atoms with E-state index >= 15 is 0 Å². The average Bonchev–Trinajstić information content (AvgIpc) is 3.25. The summed E-state index contributed by atoms with van der Waals surface area (Å²) < 4.78 is 6.91. The minimum absolute atomic E-state index is 0.230. The van der Waals surface area contributed by atoms with Crippen molar-refractivity contribution < 1.29 is 9.21 Å². The first-order chi connectivity index (χ1) is 13.1. The van der Waals surface area contributed by atoms with Crippen LogP contribution < -0.4 is 5.32 Å². The second kappa shape index (κ2) is 7.58. The van der Waals surface area contributed by atoms with Gasteiger partial charge < -0.3 is 9.73 Å². The molecule has 1 amide bonds. The summed E-state index contributed by atoms with van der Waals surface area (Å²) in [5.41, 5.74) is 4.43. The molecule has 0 atom stereocenters. The number of amides is 1. The van der Waals surface area contributed by atoms with Crippen molar-refractivity contribution in [2.75, 3.05) is 5.32 Å². The fraction of sp³-hybridized carbons (Fsp3) is 0.143. The number of carbonyl (C=O) groups is 1. The summed E-state index contributed by atoms with van der Waals surface area (Å²) in [5.74, 6) is 0.757. The highest BCUT2D eigenvalue weighted by atomic mass is 32.2. The maximum atomic E-state index is 12.9. The van der Waals surface area contributed by atoms with Crippen molar-refractivity contribution in [3.8, 4) is 0 Å². The number of carbonyl (C=O) groups excluding carboxylic acids is 1. The molecule has 0 aliphatic carbocycles. The van der Waals surface area contributed by atoms with E-state index in [1.807, 2.05) is 67.8 Å². The van der Waals surface area contributed by atoms with Gasteiger partial charge in [0.25, 0.3) is 5.91 Å². The molecule has 1 N–H and O–H groups in total. The minimum atomic E-state index is -0.230. The lowest BCUT2D eigenvalue weighted by Gasteiger charge is -2.07. The number of nitrogens with zero attached hydrogens (tertiary/aromatic N) is 1. The zero-order valence-corrected chi connectivity index (χ0v) is 16.6. The van der Waals surface area contributed by atoms with Gasteiger partial charge in [0.1, 0.15) is 9.92 Å². The third kappa shape index (κ3) is 3.77. The van der Waals surface area contributed by atoms with Crippen LogP contribution in [0, 0.1) is 13.8 Å². The van der Waals surface area contributed by atoms with Gasteiger partial charge in [-0.1, -0.05) is 48.2 Å². The quantitative estimate of drug-likeness (QED) is 0.419. The van der Waals surface area contributed by atoms with Gasteiger partial charge >= 0.3 is 0 Å². The molecule has 0 saturated carbocycles. The zero-order valence-electron chi connectivity index (χ0n) is 15.0. The maximum absolute atomic E-state index is 12.9. The fourth-order valence-electron chi connectivity index (χ4n) is 2.85. The van der Waals surface area contributed by atoms with Gasteiger partial charge in [-0.15, -0.1) is 11.3 Å². The first kappa shape index (κ1) is 17.8. The smallest absolute Gasteiger partial charge is 0.291 e. The predicted molar refractivity (Wildman–Crippen MR) is 112 cm³/mol. The number of para-hydroxylation sites is 2. The van der Waals surface area contributed by atoms with Crippen molar-refractivity contribution in [3.05, 3.63) is 76.5 Å². The molecular weight excluding hydrogens is 376 g/mol. The highest BCUT2D eigenvalue weighted by molar-refractivity contribution is 8.00. The molecule has 2 heterocycles. The van der Waals surface area contributed by atoms with Crippen LogP contribution in [0.25, 0.3) is 11.0 Å². The van der Waals surface area contributed by atoms with Crippen LogP contribution in [0.5, 0.6) is 0 Å². The monoisotopic (exact) mass is 394 g/mol. The van der Waals surface area contributed by atoms with Crippen LogP contribution in [0.1, 0.15) is 27.4 Å². The number of furan rings is 1. The van der Waals surface area contributed by atoms with Crippen molar-refractivity contribution in [1.82, 2.24) is 4.98 Å². The Morgan fingerprint density at radius 1 is 1.15 bits per heavy atom. The number of rotatable bonds is 5. The van der Waals surface area contributed by atoms with Crippen molar-refractivity contribution in [2.24, 2.45) is 0 Å². The second-order valence-electron chi connectivity index (χ2n) is 6.22. The molecule has 0 saturated heterocycles. The Morgan fingerprint density at radius 2 is 1.93 bits per heavy atom. The van der Waals surface area contributed by atoms with E-state index in [9.17, 15) is 4.79 Å². The van der Waals surface area contributed by atoms with Gasteiger partial charge in [-0.25, -0.2) is 4.98 Å². The summed E-state index contributed by atoms with van der Waals surface area (Å²) in [6.07, 6.45) is 0. The third-order valence-corrected chi connectivity index (χ3v) is 6.40. The lowest BCUT2D eigenvalue weighted by molar-refractivity contribution is 0.0997. The fourth-order valence-corrected chi connectivity index (χ4v) is 4.73. The van der Waals surface area contributed by atoms with Crippen LogP contribution >= 0.6 is 23.1 Å². The SMILES string of the molecule is Cc1csc(SCc2c(C(=O)Nc3ccccc3C)oc3ccccc23)n1. The van der Waals surface area contributed by atoms with Crippen LogP contribution in [-0.2, 0) is 5.75 Å². The van der Waals surface area contributed by atoms with Crippen molar-refractivity contribution >= 4 is 45.7 Å². The molecule has 0 fully saturated rings. The van der Waals surface area contributed by atoms with Crippen LogP contribution in [0.15, 0.2) is 62.7 Å². The second-order valence-corrected chi connectivity index (χ2v) is 8.30. The standard InChI is InChI=1S/C21H18N2O2S2/c1-13-7-3-5-9-17(13)23-20(24)19-16(12-27-21-22-14(2)11-26-21)15-8-4-6-10-18(15)25-19/h3-11H,12H2,1-2H3,(H,23,24). The molecule has 4 rings (SSSR count). The van der Waals surface area contributed by atoms with Gasteiger partial charge in [-0.3, -0.25) is 4.79 Å². The highest BCUT2D eigenvalue weighted by Gasteiger charge is 2.21. The van der Waals surface area contributed by atoms with E-state index in [1.54, 1.807) is 23.1 Å². The summed E-state index contributed by atoms with van der Waals surface area (Å²) in [5, 5.41) is 5.97. The topological polar surface area (TPSA) is 55.1 Å². The Balaban J connectivity index is 1.66. The number of thiazole rings is 1. The molecule has 6 heteroatoms.